The molecule has 0 bridgehead atoms. The monoisotopic (exact) mass is 169 g/mol. The Hall–Kier alpha value is -0.0800. The van der Waals surface area contributed by atoms with E-state index in [9.17, 15) is 0 Å². The average molecular weight is 169 g/mol. The van der Waals surface area contributed by atoms with Crippen molar-refractivity contribution in [3.05, 3.63) is 0 Å². The quantitative estimate of drug-likeness (QED) is 0.687. The lowest BCUT2D eigenvalue weighted by Crippen LogP contribution is -2.32. The van der Waals surface area contributed by atoms with Crippen molar-refractivity contribution in [3.8, 4) is 0 Å². The Morgan fingerprint density at radius 3 is 2.58 bits per heavy atom. The molecule has 2 heteroatoms. The number of piperidine rings is 1. The number of hydrogen-bond acceptors (Lipinski definition) is 2. The van der Waals surface area contributed by atoms with Gasteiger partial charge in [-0.25, -0.2) is 0 Å². The average Bonchev–Trinajstić information content (AvgIpc) is 2.90. The van der Waals surface area contributed by atoms with Crippen LogP contribution in [0.3, 0.4) is 0 Å². The van der Waals surface area contributed by atoms with Crippen LogP contribution >= 0.6 is 0 Å². The van der Waals surface area contributed by atoms with Crippen LogP contribution in [0.5, 0.6) is 0 Å². The molecule has 2 aliphatic rings. The van der Waals surface area contributed by atoms with Gasteiger partial charge in [0.1, 0.15) is 0 Å². The van der Waals surface area contributed by atoms with Crippen LogP contribution in [0.4, 0.5) is 0 Å². The molecule has 1 saturated carbocycles. The van der Waals surface area contributed by atoms with E-state index in [0.717, 1.165) is 25.0 Å². The van der Waals surface area contributed by atoms with Gasteiger partial charge in [0, 0.05) is 13.2 Å². The molecule has 1 aliphatic heterocycles. The maximum Gasteiger partial charge on any atom is 0.0506 e. The van der Waals surface area contributed by atoms with Crippen LogP contribution in [0.1, 0.15) is 25.7 Å². The van der Waals surface area contributed by atoms with Crippen molar-refractivity contribution in [2.24, 2.45) is 11.8 Å². The maximum absolute atomic E-state index is 5.66. The first-order valence-electron chi connectivity index (χ1n) is 5.23. The van der Waals surface area contributed by atoms with E-state index in [1.54, 1.807) is 0 Å². The SMILES string of the molecule is C1CNC[C@@H](COCC2CC2)C1. The highest BCUT2D eigenvalue weighted by molar-refractivity contribution is 4.73. The van der Waals surface area contributed by atoms with Gasteiger partial charge < -0.3 is 10.1 Å². The standard InChI is InChI=1S/C10H19NO/c1-2-10(6-11-5-1)8-12-7-9-3-4-9/h9-11H,1-8H2/t10-/m0/s1. The molecule has 70 valence electrons. The van der Waals surface area contributed by atoms with Gasteiger partial charge in [0.15, 0.2) is 0 Å². The van der Waals surface area contributed by atoms with E-state index in [4.69, 9.17) is 4.74 Å². The van der Waals surface area contributed by atoms with Gasteiger partial charge in [-0.2, -0.15) is 0 Å². The van der Waals surface area contributed by atoms with Gasteiger partial charge in [-0.3, -0.25) is 0 Å². The number of nitrogens with one attached hydrogen (secondary N) is 1. The summed E-state index contributed by atoms with van der Waals surface area (Å²) in [6, 6.07) is 0. The van der Waals surface area contributed by atoms with Crippen LogP contribution in [0.2, 0.25) is 0 Å². The third kappa shape index (κ3) is 2.76. The number of hydrogen-bond donors (Lipinski definition) is 1. The molecular weight excluding hydrogens is 150 g/mol. The van der Waals surface area contributed by atoms with Gasteiger partial charge >= 0.3 is 0 Å². The lowest BCUT2D eigenvalue weighted by Gasteiger charge is -2.22. The summed E-state index contributed by atoms with van der Waals surface area (Å²) in [5.41, 5.74) is 0. The molecule has 2 rings (SSSR count). The van der Waals surface area contributed by atoms with Crippen LogP contribution in [-0.2, 0) is 4.74 Å². The zero-order valence-corrected chi connectivity index (χ0v) is 7.72. The van der Waals surface area contributed by atoms with Crippen molar-refractivity contribution in [2.75, 3.05) is 26.3 Å². The van der Waals surface area contributed by atoms with Gasteiger partial charge in [-0.1, -0.05) is 0 Å². The fourth-order valence-electron chi connectivity index (χ4n) is 1.75. The Bertz CT molecular complexity index is 128. The van der Waals surface area contributed by atoms with E-state index in [2.05, 4.69) is 5.32 Å². The first kappa shape index (κ1) is 8.52. The van der Waals surface area contributed by atoms with Crippen LogP contribution in [0.15, 0.2) is 0 Å². The molecule has 1 atom stereocenters. The van der Waals surface area contributed by atoms with Crippen LogP contribution in [0, 0.1) is 11.8 Å². The highest BCUT2D eigenvalue weighted by Crippen LogP contribution is 2.29. The first-order chi connectivity index (χ1) is 5.95. The Morgan fingerprint density at radius 2 is 1.92 bits per heavy atom. The summed E-state index contributed by atoms with van der Waals surface area (Å²) in [4.78, 5) is 0. The van der Waals surface area contributed by atoms with E-state index in [1.807, 2.05) is 0 Å². The fourth-order valence-corrected chi connectivity index (χ4v) is 1.75. The normalized spacial score (nSPS) is 30.5. The zero-order chi connectivity index (χ0) is 8.23. The molecule has 1 heterocycles. The molecule has 0 aromatic heterocycles. The molecule has 1 saturated heterocycles. The fraction of sp³-hybridized carbons (Fsp3) is 1.00. The second-order valence-electron chi connectivity index (χ2n) is 4.19. The Labute approximate surface area is 74.7 Å². The minimum Gasteiger partial charge on any atom is -0.381 e. The third-order valence-electron chi connectivity index (χ3n) is 2.80. The predicted molar refractivity (Wildman–Crippen MR) is 49.1 cm³/mol. The van der Waals surface area contributed by atoms with E-state index < -0.39 is 0 Å². The van der Waals surface area contributed by atoms with Gasteiger partial charge in [-0.05, 0) is 44.1 Å². The predicted octanol–water partition coefficient (Wildman–Crippen LogP) is 1.41. The number of ether oxygens (including phenoxy) is 1. The van der Waals surface area contributed by atoms with Crippen LogP contribution in [0.25, 0.3) is 0 Å². The van der Waals surface area contributed by atoms with Gasteiger partial charge in [0.2, 0.25) is 0 Å². The molecule has 0 radical (unpaired) electrons. The van der Waals surface area contributed by atoms with E-state index in [1.165, 1.54) is 38.8 Å². The van der Waals surface area contributed by atoms with Crippen molar-refractivity contribution in [1.82, 2.24) is 5.32 Å². The van der Waals surface area contributed by atoms with E-state index in [-0.39, 0.29) is 0 Å². The lowest BCUT2D eigenvalue weighted by atomic mass is 10.0. The lowest BCUT2D eigenvalue weighted by molar-refractivity contribution is 0.0825. The second kappa shape index (κ2) is 4.24. The van der Waals surface area contributed by atoms with Crippen molar-refractivity contribution in [3.63, 3.8) is 0 Å². The van der Waals surface area contributed by atoms with Gasteiger partial charge in [0.05, 0.1) is 6.61 Å². The second-order valence-corrected chi connectivity index (χ2v) is 4.19. The highest BCUT2D eigenvalue weighted by Gasteiger charge is 2.22. The third-order valence-corrected chi connectivity index (χ3v) is 2.80. The van der Waals surface area contributed by atoms with Crippen LogP contribution < -0.4 is 5.32 Å². The molecule has 0 spiro atoms. The largest absolute Gasteiger partial charge is 0.381 e. The van der Waals surface area contributed by atoms with Gasteiger partial charge in [0.25, 0.3) is 0 Å². The maximum atomic E-state index is 5.66. The minimum atomic E-state index is 0.789. The molecule has 0 unspecified atom stereocenters. The summed E-state index contributed by atoms with van der Waals surface area (Å²) in [6.45, 7) is 4.39. The van der Waals surface area contributed by atoms with Crippen LogP contribution in [-0.4, -0.2) is 26.3 Å². The molecule has 0 aromatic rings. The minimum absolute atomic E-state index is 0.789. The molecule has 2 fully saturated rings. The Morgan fingerprint density at radius 1 is 1.08 bits per heavy atom. The highest BCUT2D eigenvalue weighted by atomic mass is 16.5. The van der Waals surface area contributed by atoms with Crippen molar-refractivity contribution >= 4 is 0 Å². The zero-order valence-electron chi connectivity index (χ0n) is 7.72. The summed E-state index contributed by atoms with van der Waals surface area (Å²) >= 11 is 0. The number of rotatable bonds is 4. The van der Waals surface area contributed by atoms with E-state index >= 15 is 0 Å². The van der Waals surface area contributed by atoms with Crippen molar-refractivity contribution < 1.29 is 4.74 Å². The van der Waals surface area contributed by atoms with E-state index in [0.29, 0.717) is 0 Å². The molecule has 1 N–H and O–H groups in total. The molecule has 0 aromatic carbocycles. The topological polar surface area (TPSA) is 21.3 Å². The van der Waals surface area contributed by atoms with Crippen molar-refractivity contribution in [1.29, 1.82) is 0 Å². The summed E-state index contributed by atoms with van der Waals surface area (Å²) in [7, 11) is 0. The molecule has 0 amide bonds. The summed E-state index contributed by atoms with van der Waals surface area (Å²) in [5.74, 6) is 1.71. The summed E-state index contributed by atoms with van der Waals surface area (Å²) < 4.78 is 5.66. The summed E-state index contributed by atoms with van der Waals surface area (Å²) in [6.07, 6.45) is 5.50. The smallest absolute Gasteiger partial charge is 0.0506 e. The molecule has 1 aliphatic carbocycles. The Balaban J connectivity index is 1.52. The first-order valence-corrected chi connectivity index (χ1v) is 5.23. The molecule has 2 nitrogen and oxygen atoms in total. The van der Waals surface area contributed by atoms with Crippen molar-refractivity contribution in [2.45, 2.75) is 25.7 Å². The van der Waals surface area contributed by atoms with Gasteiger partial charge in [-0.15, -0.1) is 0 Å². The summed E-state index contributed by atoms with van der Waals surface area (Å²) in [5, 5.41) is 3.41. The molecular formula is C10H19NO. The Kier molecular flexibility index (Phi) is 3.01. The molecule has 12 heavy (non-hydrogen) atoms.